The van der Waals surface area contributed by atoms with E-state index in [0.717, 1.165) is 38.2 Å². The molecule has 7 heteroatoms. The van der Waals surface area contributed by atoms with Crippen LogP contribution >= 0.6 is 0 Å². The number of fused-ring (bicyclic) bond motifs is 4. The normalized spacial score (nSPS) is 32.3. The van der Waals surface area contributed by atoms with E-state index in [9.17, 15) is 9.59 Å². The summed E-state index contributed by atoms with van der Waals surface area (Å²) < 4.78 is 0. The van der Waals surface area contributed by atoms with Crippen molar-refractivity contribution in [3.05, 3.63) is 18.2 Å². The number of hydrogen-bond acceptors (Lipinski definition) is 4. The number of nitrogens with one attached hydrogen (secondary N) is 3. The van der Waals surface area contributed by atoms with Crippen LogP contribution in [0.5, 0.6) is 0 Å². The average Bonchev–Trinajstić information content (AvgIpc) is 3.10. The fourth-order valence-corrected chi connectivity index (χ4v) is 4.69. The molecule has 0 aromatic carbocycles. The summed E-state index contributed by atoms with van der Waals surface area (Å²) in [5.74, 6) is 1.75. The van der Waals surface area contributed by atoms with Gasteiger partial charge in [0, 0.05) is 50.3 Å². The van der Waals surface area contributed by atoms with Crippen LogP contribution in [0.1, 0.15) is 31.5 Å². The number of imidazole rings is 1. The number of H-pyrrole nitrogens is 1. The lowest BCUT2D eigenvalue weighted by atomic mass is 9.72. The lowest BCUT2D eigenvalue weighted by Crippen LogP contribution is -2.68. The van der Waals surface area contributed by atoms with E-state index in [1.807, 2.05) is 4.90 Å². The minimum atomic E-state index is -0.316. The summed E-state index contributed by atoms with van der Waals surface area (Å²) in [7, 11) is 0. The van der Waals surface area contributed by atoms with Crippen LogP contribution in [0.4, 0.5) is 0 Å². The molecular formula is C17H25N5O2. The zero-order valence-electron chi connectivity index (χ0n) is 13.8. The molecule has 4 heterocycles. The van der Waals surface area contributed by atoms with Gasteiger partial charge in [-0.3, -0.25) is 9.59 Å². The molecule has 3 N–H and O–H groups in total. The molecule has 3 aliphatic rings. The Balaban J connectivity index is 1.46. The van der Waals surface area contributed by atoms with Crippen LogP contribution in [0.25, 0.3) is 0 Å². The zero-order valence-corrected chi connectivity index (χ0v) is 13.8. The van der Waals surface area contributed by atoms with Crippen molar-refractivity contribution in [2.75, 3.05) is 19.6 Å². The molecular weight excluding hydrogens is 306 g/mol. The Labute approximate surface area is 141 Å². The molecule has 1 aromatic heterocycles. The molecule has 0 spiro atoms. The summed E-state index contributed by atoms with van der Waals surface area (Å²) in [6.07, 6.45) is 7.78. The Morgan fingerprint density at radius 3 is 3.08 bits per heavy atom. The molecule has 4 rings (SSSR count). The van der Waals surface area contributed by atoms with Gasteiger partial charge in [0.05, 0.1) is 0 Å². The first-order valence-electron chi connectivity index (χ1n) is 9.02. The number of carbonyl (C=O) groups excluding carboxylic acids is 2. The third-order valence-electron chi connectivity index (χ3n) is 5.73. The fourth-order valence-electron chi connectivity index (χ4n) is 4.69. The van der Waals surface area contributed by atoms with Gasteiger partial charge in [-0.25, -0.2) is 4.98 Å². The van der Waals surface area contributed by atoms with Crippen LogP contribution < -0.4 is 10.6 Å². The molecule has 2 amide bonds. The molecule has 4 atom stereocenters. The maximum Gasteiger partial charge on any atom is 0.243 e. The van der Waals surface area contributed by atoms with Crippen molar-refractivity contribution in [1.29, 1.82) is 0 Å². The van der Waals surface area contributed by atoms with Crippen LogP contribution in [0, 0.1) is 11.8 Å². The number of amides is 2. The van der Waals surface area contributed by atoms with Crippen molar-refractivity contribution in [3.63, 3.8) is 0 Å². The van der Waals surface area contributed by atoms with Gasteiger partial charge in [0.15, 0.2) is 0 Å². The van der Waals surface area contributed by atoms with Crippen molar-refractivity contribution in [2.45, 2.75) is 44.2 Å². The van der Waals surface area contributed by atoms with Crippen molar-refractivity contribution in [3.8, 4) is 0 Å². The summed E-state index contributed by atoms with van der Waals surface area (Å²) in [6, 6.07) is -0.0837. The van der Waals surface area contributed by atoms with Crippen molar-refractivity contribution < 1.29 is 9.59 Å². The van der Waals surface area contributed by atoms with Gasteiger partial charge >= 0.3 is 0 Å². The van der Waals surface area contributed by atoms with E-state index < -0.39 is 0 Å². The first-order chi connectivity index (χ1) is 11.7. The van der Waals surface area contributed by atoms with Crippen molar-refractivity contribution in [2.24, 2.45) is 11.8 Å². The van der Waals surface area contributed by atoms with Crippen LogP contribution in [-0.4, -0.2) is 58.4 Å². The Morgan fingerprint density at radius 1 is 1.38 bits per heavy atom. The SMILES string of the molecule is O=C(NCCc1ncc[nH]1)[C@H]1[C@@H]2CNC[C@@H](C2)[C@@H]2CCCC(=O)N21. The quantitative estimate of drug-likeness (QED) is 0.728. The number of nitrogens with zero attached hydrogens (tertiary/aromatic N) is 2. The highest BCUT2D eigenvalue weighted by Gasteiger charge is 2.50. The first kappa shape index (κ1) is 15.6. The number of piperidine rings is 3. The summed E-state index contributed by atoms with van der Waals surface area (Å²) in [5, 5.41) is 6.49. The van der Waals surface area contributed by atoms with E-state index in [1.54, 1.807) is 12.4 Å². The fraction of sp³-hybridized carbons (Fsp3) is 0.706. The summed E-state index contributed by atoms with van der Waals surface area (Å²) in [4.78, 5) is 34.6. The number of carbonyl (C=O) groups is 2. The van der Waals surface area contributed by atoms with Gasteiger partial charge in [-0.1, -0.05) is 0 Å². The van der Waals surface area contributed by atoms with E-state index in [-0.39, 0.29) is 29.8 Å². The highest BCUT2D eigenvalue weighted by atomic mass is 16.2. The lowest BCUT2D eigenvalue weighted by Gasteiger charge is -2.53. The second-order valence-corrected chi connectivity index (χ2v) is 7.20. The second-order valence-electron chi connectivity index (χ2n) is 7.20. The molecule has 0 radical (unpaired) electrons. The molecule has 0 saturated carbocycles. The van der Waals surface area contributed by atoms with Gasteiger partial charge in [-0.05, 0) is 31.7 Å². The number of rotatable bonds is 4. The van der Waals surface area contributed by atoms with E-state index in [1.165, 1.54) is 0 Å². The molecule has 0 unspecified atom stereocenters. The molecule has 0 aliphatic carbocycles. The maximum absolute atomic E-state index is 12.9. The molecule has 24 heavy (non-hydrogen) atoms. The molecule has 1 aromatic rings. The van der Waals surface area contributed by atoms with Gasteiger partial charge < -0.3 is 20.5 Å². The number of aromatic nitrogens is 2. The van der Waals surface area contributed by atoms with E-state index in [4.69, 9.17) is 0 Å². The van der Waals surface area contributed by atoms with Gasteiger partial charge in [0.2, 0.25) is 11.8 Å². The minimum absolute atomic E-state index is 0.00560. The van der Waals surface area contributed by atoms with Crippen LogP contribution in [0.3, 0.4) is 0 Å². The Morgan fingerprint density at radius 2 is 2.25 bits per heavy atom. The Bertz CT molecular complexity index is 602. The smallest absolute Gasteiger partial charge is 0.243 e. The third kappa shape index (κ3) is 2.81. The largest absolute Gasteiger partial charge is 0.354 e. The molecule has 130 valence electrons. The average molecular weight is 331 g/mol. The van der Waals surface area contributed by atoms with Gasteiger partial charge in [0.1, 0.15) is 11.9 Å². The Kier molecular flexibility index (Phi) is 4.26. The van der Waals surface area contributed by atoms with Crippen LogP contribution in [0.2, 0.25) is 0 Å². The monoisotopic (exact) mass is 331 g/mol. The van der Waals surface area contributed by atoms with E-state index in [0.29, 0.717) is 25.3 Å². The van der Waals surface area contributed by atoms with Gasteiger partial charge in [0.25, 0.3) is 0 Å². The van der Waals surface area contributed by atoms with E-state index in [2.05, 4.69) is 20.6 Å². The summed E-state index contributed by atoms with van der Waals surface area (Å²) in [5.41, 5.74) is 0. The van der Waals surface area contributed by atoms with Gasteiger partial charge in [-0.2, -0.15) is 0 Å². The molecule has 3 fully saturated rings. The molecule has 3 aliphatic heterocycles. The van der Waals surface area contributed by atoms with Crippen molar-refractivity contribution >= 4 is 11.8 Å². The second kappa shape index (κ2) is 6.55. The zero-order chi connectivity index (χ0) is 16.5. The van der Waals surface area contributed by atoms with Gasteiger partial charge in [-0.15, -0.1) is 0 Å². The molecule has 3 saturated heterocycles. The van der Waals surface area contributed by atoms with E-state index >= 15 is 0 Å². The number of aromatic amines is 1. The van der Waals surface area contributed by atoms with Crippen LogP contribution in [-0.2, 0) is 16.0 Å². The Hall–Kier alpha value is -1.89. The number of hydrogen-bond donors (Lipinski definition) is 3. The lowest BCUT2D eigenvalue weighted by molar-refractivity contribution is -0.157. The van der Waals surface area contributed by atoms with Crippen molar-refractivity contribution in [1.82, 2.24) is 25.5 Å². The maximum atomic E-state index is 12.9. The topological polar surface area (TPSA) is 90.1 Å². The highest BCUT2D eigenvalue weighted by Crippen LogP contribution is 2.39. The predicted molar refractivity (Wildman–Crippen MR) is 88.0 cm³/mol. The standard InChI is InChI=1S/C17H25N5O2/c23-15-3-1-2-13-11-8-12(10-18-9-11)16(22(13)15)17(24)21-5-4-14-19-6-7-20-14/h6-7,11-13,16,18H,1-5,8-10H2,(H,19,20)(H,21,24)/t11-,12+,13+,16-/m1/s1. The summed E-state index contributed by atoms with van der Waals surface area (Å²) in [6.45, 7) is 2.33. The third-order valence-corrected chi connectivity index (χ3v) is 5.73. The highest BCUT2D eigenvalue weighted by molar-refractivity contribution is 5.89. The van der Waals surface area contributed by atoms with Crippen LogP contribution in [0.15, 0.2) is 12.4 Å². The predicted octanol–water partition coefficient (Wildman–Crippen LogP) is 0.0574. The first-order valence-corrected chi connectivity index (χ1v) is 9.02. The molecule has 2 bridgehead atoms. The minimum Gasteiger partial charge on any atom is -0.354 e. The summed E-state index contributed by atoms with van der Waals surface area (Å²) >= 11 is 0. The molecule has 7 nitrogen and oxygen atoms in total.